The molecule has 1 aliphatic rings. The van der Waals surface area contributed by atoms with Crippen molar-refractivity contribution in [2.45, 2.75) is 52.0 Å². The molecule has 0 aromatic heterocycles. The maximum Gasteiger partial charge on any atom is 0.303 e. The zero-order valence-electron chi connectivity index (χ0n) is 17.6. The molecule has 2 aromatic carbocycles. The highest BCUT2D eigenvalue weighted by atomic mass is 19.1. The number of hydrogen-bond donors (Lipinski definition) is 3. The van der Waals surface area contributed by atoms with E-state index in [1.165, 1.54) is 28.4 Å². The van der Waals surface area contributed by atoms with E-state index in [1.807, 2.05) is 0 Å². The number of aliphatic hydroxyl groups excluding tert-OH is 1. The van der Waals surface area contributed by atoms with E-state index in [0.717, 1.165) is 38.8 Å². The molecular formula is C24H31FN2O3. The molecule has 5 nitrogen and oxygen atoms in total. The van der Waals surface area contributed by atoms with E-state index in [0.29, 0.717) is 17.8 Å². The summed E-state index contributed by atoms with van der Waals surface area (Å²) in [5, 5.41) is 21.2. The molecule has 6 heteroatoms. The van der Waals surface area contributed by atoms with Crippen molar-refractivity contribution >= 4 is 17.3 Å². The van der Waals surface area contributed by atoms with Crippen LogP contribution in [-0.4, -0.2) is 35.9 Å². The summed E-state index contributed by atoms with van der Waals surface area (Å²) < 4.78 is 14.3. The van der Waals surface area contributed by atoms with Gasteiger partial charge in [-0.05, 0) is 73.4 Å². The third-order valence-corrected chi connectivity index (χ3v) is 5.80. The Kier molecular flexibility index (Phi) is 7.69. The topological polar surface area (TPSA) is 72.8 Å². The van der Waals surface area contributed by atoms with Crippen LogP contribution >= 0.6 is 0 Å². The lowest BCUT2D eigenvalue weighted by Crippen LogP contribution is -2.31. The number of nitrogens with one attached hydrogen (secondary N) is 1. The van der Waals surface area contributed by atoms with Crippen LogP contribution in [0, 0.1) is 12.7 Å². The number of anilines is 2. The molecule has 1 heterocycles. The van der Waals surface area contributed by atoms with E-state index in [9.17, 15) is 9.18 Å². The van der Waals surface area contributed by atoms with Crippen molar-refractivity contribution in [1.29, 1.82) is 0 Å². The molecule has 0 bridgehead atoms. The number of carbonyl (C=O) groups is 1. The highest BCUT2D eigenvalue weighted by molar-refractivity contribution is 5.67. The lowest BCUT2D eigenvalue weighted by Gasteiger charge is -2.34. The van der Waals surface area contributed by atoms with Crippen LogP contribution < -0.4 is 10.2 Å². The maximum atomic E-state index is 14.3. The number of nitrogens with zero attached hydrogens (tertiary/aromatic N) is 1. The fraction of sp³-hybridized carbons (Fsp3) is 0.458. The smallest absolute Gasteiger partial charge is 0.303 e. The molecule has 1 aliphatic heterocycles. The Labute approximate surface area is 177 Å². The van der Waals surface area contributed by atoms with Crippen LogP contribution in [-0.2, 0) is 24.2 Å². The van der Waals surface area contributed by atoms with Crippen LogP contribution in [0.2, 0.25) is 0 Å². The number of rotatable bonds is 10. The van der Waals surface area contributed by atoms with Crippen molar-refractivity contribution < 1.29 is 19.4 Å². The molecule has 0 amide bonds. The maximum absolute atomic E-state index is 14.3. The SMILES string of the molecule is Cc1c(CNc2ccc(CCC(=O)O)c(F)c2)ccc2c1N(CCCCO)CCC2. The number of carboxylic acids is 1. The molecule has 3 rings (SSSR count). The summed E-state index contributed by atoms with van der Waals surface area (Å²) in [6, 6.07) is 9.24. The number of hydrogen-bond acceptors (Lipinski definition) is 4. The Morgan fingerprint density at radius 2 is 2.00 bits per heavy atom. The third kappa shape index (κ3) is 5.51. The summed E-state index contributed by atoms with van der Waals surface area (Å²) in [5.74, 6) is -1.30. The average Bonchev–Trinajstić information content (AvgIpc) is 2.72. The van der Waals surface area contributed by atoms with Gasteiger partial charge < -0.3 is 20.4 Å². The van der Waals surface area contributed by atoms with E-state index in [-0.39, 0.29) is 25.3 Å². The summed E-state index contributed by atoms with van der Waals surface area (Å²) in [6.45, 7) is 4.97. The van der Waals surface area contributed by atoms with Gasteiger partial charge in [0.15, 0.2) is 0 Å². The van der Waals surface area contributed by atoms with Crippen LogP contribution in [0.3, 0.4) is 0 Å². The van der Waals surface area contributed by atoms with Crippen LogP contribution in [0.1, 0.15) is 47.9 Å². The molecule has 2 aromatic rings. The first kappa shape index (κ1) is 22.1. The Morgan fingerprint density at radius 3 is 2.73 bits per heavy atom. The summed E-state index contributed by atoms with van der Waals surface area (Å²) in [7, 11) is 0. The Balaban J connectivity index is 1.69. The molecular weight excluding hydrogens is 383 g/mol. The molecule has 0 unspecified atom stereocenters. The molecule has 0 spiro atoms. The molecule has 3 N–H and O–H groups in total. The van der Waals surface area contributed by atoms with Gasteiger partial charge in [-0.2, -0.15) is 0 Å². The quantitative estimate of drug-likeness (QED) is 0.506. The summed E-state index contributed by atoms with van der Waals surface area (Å²) in [5.41, 5.74) is 6.23. The van der Waals surface area contributed by atoms with Crippen molar-refractivity contribution in [2.24, 2.45) is 0 Å². The molecule has 0 atom stereocenters. The van der Waals surface area contributed by atoms with Gasteiger partial charge in [0.05, 0.1) is 0 Å². The first-order valence-corrected chi connectivity index (χ1v) is 10.7. The molecule has 0 aliphatic carbocycles. The van der Waals surface area contributed by atoms with Gasteiger partial charge in [0, 0.05) is 44.0 Å². The number of benzene rings is 2. The zero-order chi connectivity index (χ0) is 21.5. The highest BCUT2D eigenvalue weighted by Crippen LogP contribution is 2.33. The highest BCUT2D eigenvalue weighted by Gasteiger charge is 2.20. The van der Waals surface area contributed by atoms with Gasteiger partial charge >= 0.3 is 5.97 Å². The summed E-state index contributed by atoms with van der Waals surface area (Å²) in [6.07, 6.45) is 4.15. The van der Waals surface area contributed by atoms with E-state index in [1.54, 1.807) is 12.1 Å². The standard InChI is InChI=1S/C24H31FN2O3/c1-17-20(7-6-19-5-4-13-27(24(17)19)12-2-3-14-28)16-26-21-10-8-18(22(25)15-21)9-11-23(29)30/h6-8,10,15,26,28H,2-5,9,11-14,16H2,1H3,(H,29,30). The average molecular weight is 415 g/mol. The second kappa shape index (κ2) is 10.4. The molecule has 0 saturated heterocycles. The van der Waals surface area contributed by atoms with Gasteiger partial charge in [0.25, 0.3) is 0 Å². The number of halogens is 1. The zero-order valence-corrected chi connectivity index (χ0v) is 17.6. The minimum absolute atomic E-state index is 0.0766. The summed E-state index contributed by atoms with van der Waals surface area (Å²) in [4.78, 5) is 13.1. The van der Waals surface area contributed by atoms with Gasteiger partial charge in [0.2, 0.25) is 0 Å². The Morgan fingerprint density at radius 1 is 1.20 bits per heavy atom. The van der Waals surface area contributed by atoms with Crippen molar-refractivity contribution in [3.05, 3.63) is 58.4 Å². The predicted octanol–water partition coefficient (Wildman–Crippen LogP) is 4.29. The van der Waals surface area contributed by atoms with Gasteiger partial charge in [-0.15, -0.1) is 0 Å². The summed E-state index contributed by atoms with van der Waals surface area (Å²) >= 11 is 0. The molecule has 0 fully saturated rings. The predicted molar refractivity (Wildman–Crippen MR) is 118 cm³/mol. The normalized spacial score (nSPS) is 13.2. The minimum atomic E-state index is -0.926. The van der Waals surface area contributed by atoms with Crippen molar-refractivity contribution in [3.8, 4) is 0 Å². The largest absolute Gasteiger partial charge is 0.481 e. The molecule has 162 valence electrons. The Bertz CT molecular complexity index is 885. The lowest BCUT2D eigenvalue weighted by molar-refractivity contribution is -0.136. The fourth-order valence-electron chi connectivity index (χ4n) is 4.14. The first-order valence-electron chi connectivity index (χ1n) is 10.7. The number of aliphatic hydroxyl groups is 1. The monoisotopic (exact) mass is 414 g/mol. The van der Waals surface area contributed by atoms with E-state index in [2.05, 4.69) is 29.3 Å². The van der Waals surface area contributed by atoms with Crippen LogP contribution in [0.4, 0.5) is 15.8 Å². The van der Waals surface area contributed by atoms with Crippen molar-refractivity contribution in [3.63, 3.8) is 0 Å². The van der Waals surface area contributed by atoms with Crippen LogP contribution in [0.5, 0.6) is 0 Å². The molecule has 0 radical (unpaired) electrons. The van der Waals surface area contributed by atoms with Crippen LogP contribution in [0.25, 0.3) is 0 Å². The molecule has 30 heavy (non-hydrogen) atoms. The first-order chi connectivity index (χ1) is 14.5. The van der Waals surface area contributed by atoms with Gasteiger partial charge in [-0.3, -0.25) is 4.79 Å². The van der Waals surface area contributed by atoms with Crippen molar-refractivity contribution in [2.75, 3.05) is 29.9 Å². The van der Waals surface area contributed by atoms with Gasteiger partial charge in [-0.1, -0.05) is 18.2 Å². The minimum Gasteiger partial charge on any atom is -0.481 e. The lowest BCUT2D eigenvalue weighted by atomic mass is 9.94. The van der Waals surface area contributed by atoms with Crippen molar-refractivity contribution in [1.82, 2.24) is 0 Å². The number of aliphatic carboxylic acids is 1. The van der Waals surface area contributed by atoms with E-state index >= 15 is 0 Å². The van der Waals surface area contributed by atoms with Crippen LogP contribution in [0.15, 0.2) is 30.3 Å². The number of aryl methyl sites for hydroxylation is 2. The van der Waals surface area contributed by atoms with E-state index < -0.39 is 5.97 Å². The van der Waals surface area contributed by atoms with Gasteiger partial charge in [0.1, 0.15) is 5.82 Å². The number of unbranched alkanes of at least 4 members (excludes halogenated alkanes) is 1. The van der Waals surface area contributed by atoms with Gasteiger partial charge in [-0.25, -0.2) is 4.39 Å². The third-order valence-electron chi connectivity index (χ3n) is 5.80. The Hall–Kier alpha value is -2.60. The fourth-order valence-corrected chi connectivity index (χ4v) is 4.14. The second-order valence-electron chi connectivity index (χ2n) is 7.93. The molecule has 0 saturated carbocycles. The number of fused-ring (bicyclic) bond motifs is 1. The van der Waals surface area contributed by atoms with E-state index in [4.69, 9.17) is 10.2 Å². The second-order valence-corrected chi connectivity index (χ2v) is 7.93. The number of carboxylic acid groups (broad SMARTS) is 1.